The highest BCUT2D eigenvalue weighted by Crippen LogP contribution is 2.22. The molecule has 2 N–H and O–H groups in total. The number of carbonyl (C=O) groups is 2. The van der Waals surface area contributed by atoms with Crippen molar-refractivity contribution in [2.75, 3.05) is 5.32 Å². The SMILES string of the molecule is CCC[C@H](C(=O)Nc1ccc(C(=O)NC2CCCC2)cc1)c1ccccn1. The van der Waals surface area contributed by atoms with Gasteiger partial charge in [-0.3, -0.25) is 14.6 Å². The molecule has 0 unspecified atom stereocenters. The first-order valence-electron chi connectivity index (χ1n) is 9.80. The highest BCUT2D eigenvalue weighted by atomic mass is 16.2. The van der Waals surface area contributed by atoms with Gasteiger partial charge in [0, 0.05) is 23.5 Å². The smallest absolute Gasteiger partial charge is 0.251 e. The van der Waals surface area contributed by atoms with Crippen LogP contribution in [0.3, 0.4) is 0 Å². The summed E-state index contributed by atoms with van der Waals surface area (Å²) < 4.78 is 0. The van der Waals surface area contributed by atoms with Crippen molar-refractivity contribution >= 4 is 17.5 Å². The minimum absolute atomic E-state index is 0.0443. The van der Waals surface area contributed by atoms with Crippen molar-refractivity contribution in [3.63, 3.8) is 0 Å². The molecule has 1 aliphatic carbocycles. The number of nitrogens with zero attached hydrogens (tertiary/aromatic N) is 1. The summed E-state index contributed by atoms with van der Waals surface area (Å²) in [7, 11) is 0. The van der Waals surface area contributed by atoms with Crippen molar-refractivity contribution in [1.29, 1.82) is 0 Å². The van der Waals surface area contributed by atoms with Crippen molar-refractivity contribution < 1.29 is 9.59 Å². The van der Waals surface area contributed by atoms with E-state index in [-0.39, 0.29) is 17.7 Å². The molecule has 0 radical (unpaired) electrons. The highest BCUT2D eigenvalue weighted by molar-refractivity contribution is 5.97. The monoisotopic (exact) mass is 365 g/mol. The standard InChI is InChI=1S/C22H27N3O2/c1-2-7-19(20-10-5-6-15-23-20)22(27)25-18-13-11-16(12-14-18)21(26)24-17-8-3-4-9-17/h5-6,10-15,17,19H,2-4,7-9H2,1H3,(H,24,26)(H,25,27)/t19-/m0/s1. The second kappa shape index (κ2) is 9.31. The number of nitrogens with one attached hydrogen (secondary N) is 2. The van der Waals surface area contributed by atoms with E-state index in [1.165, 1.54) is 12.8 Å². The van der Waals surface area contributed by atoms with Crippen molar-refractivity contribution in [3.8, 4) is 0 Å². The molecule has 1 aromatic heterocycles. The van der Waals surface area contributed by atoms with Gasteiger partial charge in [0.2, 0.25) is 5.91 Å². The van der Waals surface area contributed by atoms with Crippen LogP contribution in [0.15, 0.2) is 48.7 Å². The summed E-state index contributed by atoms with van der Waals surface area (Å²) in [5.41, 5.74) is 2.09. The maximum Gasteiger partial charge on any atom is 0.251 e. The lowest BCUT2D eigenvalue weighted by atomic mass is 9.98. The molecule has 3 rings (SSSR count). The van der Waals surface area contributed by atoms with Crippen LogP contribution in [-0.4, -0.2) is 22.8 Å². The predicted octanol–water partition coefficient (Wildman–Crippen LogP) is 4.28. The van der Waals surface area contributed by atoms with Gasteiger partial charge in [-0.25, -0.2) is 0 Å². The Labute approximate surface area is 160 Å². The van der Waals surface area contributed by atoms with Gasteiger partial charge in [-0.2, -0.15) is 0 Å². The minimum Gasteiger partial charge on any atom is -0.349 e. The topological polar surface area (TPSA) is 71.1 Å². The highest BCUT2D eigenvalue weighted by Gasteiger charge is 2.21. The lowest BCUT2D eigenvalue weighted by Gasteiger charge is -2.16. The molecular weight excluding hydrogens is 338 g/mol. The quantitative estimate of drug-likeness (QED) is 0.769. The second-order valence-corrected chi connectivity index (χ2v) is 7.12. The van der Waals surface area contributed by atoms with E-state index in [0.717, 1.165) is 31.4 Å². The minimum atomic E-state index is -0.276. The third-order valence-electron chi connectivity index (χ3n) is 5.04. The molecule has 0 aliphatic heterocycles. The van der Waals surface area contributed by atoms with E-state index < -0.39 is 0 Å². The van der Waals surface area contributed by atoms with Crippen LogP contribution in [0, 0.1) is 0 Å². The molecule has 2 aromatic rings. The number of pyridine rings is 1. The summed E-state index contributed by atoms with van der Waals surface area (Å²) in [5.74, 6) is -0.391. The number of hydrogen-bond acceptors (Lipinski definition) is 3. The number of carbonyl (C=O) groups excluding carboxylic acids is 2. The van der Waals surface area contributed by atoms with Crippen LogP contribution in [0.25, 0.3) is 0 Å². The molecule has 1 saturated carbocycles. The first kappa shape index (κ1) is 19.1. The van der Waals surface area contributed by atoms with Gasteiger partial charge in [-0.15, -0.1) is 0 Å². The summed E-state index contributed by atoms with van der Waals surface area (Å²) in [6, 6.07) is 13.0. The van der Waals surface area contributed by atoms with E-state index in [9.17, 15) is 9.59 Å². The molecule has 5 nitrogen and oxygen atoms in total. The van der Waals surface area contributed by atoms with Gasteiger partial charge >= 0.3 is 0 Å². The van der Waals surface area contributed by atoms with E-state index in [1.54, 1.807) is 30.5 Å². The van der Waals surface area contributed by atoms with E-state index in [4.69, 9.17) is 0 Å². The van der Waals surface area contributed by atoms with E-state index >= 15 is 0 Å². The summed E-state index contributed by atoms with van der Waals surface area (Å²) in [6.07, 6.45) is 7.84. The lowest BCUT2D eigenvalue weighted by molar-refractivity contribution is -0.117. The van der Waals surface area contributed by atoms with Crippen molar-refractivity contribution in [2.45, 2.75) is 57.4 Å². The van der Waals surface area contributed by atoms with Crippen LogP contribution in [-0.2, 0) is 4.79 Å². The van der Waals surface area contributed by atoms with Crippen LogP contribution in [0.5, 0.6) is 0 Å². The van der Waals surface area contributed by atoms with Gasteiger partial charge in [0.25, 0.3) is 5.91 Å². The molecule has 5 heteroatoms. The van der Waals surface area contributed by atoms with Gasteiger partial charge in [0.05, 0.1) is 11.6 Å². The van der Waals surface area contributed by atoms with Crippen molar-refractivity contribution in [3.05, 3.63) is 59.9 Å². The molecule has 1 atom stereocenters. The third-order valence-corrected chi connectivity index (χ3v) is 5.04. The van der Waals surface area contributed by atoms with Gasteiger partial charge in [0.15, 0.2) is 0 Å². The Morgan fingerprint density at radius 1 is 1.11 bits per heavy atom. The predicted molar refractivity (Wildman–Crippen MR) is 107 cm³/mol. The first-order chi connectivity index (χ1) is 13.2. The average molecular weight is 365 g/mol. The molecule has 1 aliphatic rings. The van der Waals surface area contributed by atoms with Crippen molar-refractivity contribution in [1.82, 2.24) is 10.3 Å². The zero-order valence-electron chi connectivity index (χ0n) is 15.8. The molecule has 142 valence electrons. The fourth-order valence-electron chi connectivity index (χ4n) is 3.56. The van der Waals surface area contributed by atoms with Crippen LogP contribution in [0.1, 0.15) is 67.4 Å². The maximum atomic E-state index is 12.7. The maximum absolute atomic E-state index is 12.7. The van der Waals surface area contributed by atoms with Crippen molar-refractivity contribution in [2.24, 2.45) is 0 Å². The molecule has 2 amide bonds. The summed E-state index contributed by atoms with van der Waals surface area (Å²) in [6.45, 7) is 2.06. The Kier molecular flexibility index (Phi) is 6.58. The fourth-order valence-corrected chi connectivity index (χ4v) is 3.56. The van der Waals surface area contributed by atoms with Gasteiger partial charge in [-0.05, 0) is 55.7 Å². The zero-order chi connectivity index (χ0) is 19.1. The molecule has 0 bridgehead atoms. The van der Waals surface area contributed by atoms with E-state index in [1.807, 2.05) is 18.2 Å². The van der Waals surface area contributed by atoms with Crippen LogP contribution < -0.4 is 10.6 Å². The third kappa shape index (κ3) is 5.16. The average Bonchev–Trinajstić information content (AvgIpc) is 3.20. The summed E-state index contributed by atoms with van der Waals surface area (Å²) in [5, 5.41) is 6.03. The second-order valence-electron chi connectivity index (χ2n) is 7.12. The number of amides is 2. The Bertz CT molecular complexity index is 753. The Hall–Kier alpha value is -2.69. The number of benzene rings is 1. The Morgan fingerprint density at radius 3 is 2.48 bits per heavy atom. The number of hydrogen-bond donors (Lipinski definition) is 2. The van der Waals surface area contributed by atoms with E-state index in [0.29, 0.717) is 17.3 Å². The molecular formula is C22H27N3O2. The Morgan fingerprint density at radius 2 is 1.85 bits per heavy atom. The Balaban J connectivity index is 1.62. The van der Waals surface area contributed by atoms with Crippen LogP contribution >= 0.6 is 0 Å². The number of rotatable bonds is 7. The lowest BCUT2D eigenvalue weighted by Crippen LogP contribution is -2.32. The zero-order valence-corrected chi connectivity index (χ0v) is 15.8. The summed E-state index contributed by atoms with van der Waals surface area (Å²) >= 11 is 0. The number of aromatic nitrogens is 1. The molecule has 1 fully saturated rings. The van der Waals surface area contributed by atoms with Crippen LogP contribution in [0.4, 0.5) is 5.69 Å². The molecule has 0 spiro atoms. The molecule has 0 saturated heterocycles. The van der Waals surface area contributed by atoms with Crippen LogP contribution in [0.2, 0.25) is 0 Å². The van der Waals surface area contributed by atoms with Gasteiger partial charge in [0.1, 0.15) is 0 Å². The van der Waals surface area contributed by atoms with E-state index in [2.05, 4.69) is 22.5 Å². The fraction of sp³-hybridized carbons (Fsp3) is 0.409. The van der Waals surface area contributed by atoms with Gasteiger partial charge < -0.3 is 10.6 Å². The summed E-state index contributed by atoms with van der Waals surface area (Å²) in [4.78, 5) is 29.4. The molecule has 1 heterocycles. The number of anilines is 1. The van der Waals surface area contributed by atoms with Gasteiger partial charge in [-0.1, -0.05) is 32.3 Å². The molecule has 27 heavy (non-hydrogen) atoms. The largest absolute Gasteiger partial charge is 0.349 e. The normalized spacial score (nSPS) is 15.3. The first-order valence-corrected chi connectivity index (χ1v) is 9.80. The molecule has 1 aromatic carbocycles.